The van der Waals surface area contributed by atoms with Crippen LogP contribution in [-0.2, 0) is 4.79 Å². The lowest BCUT2D eigenvalue weighted by atomic mass is 10.2. The monoisotopic (exact) mass is 285 g/mol. The Morgan fingerprint density at radius 3 is 2.67 bits per heavy atom. The zero-order valence-electron chi connectivity index (χ0n) is 11.0. The molecular formula is C15H12FN3O2. The van der Waals surface area contributed by atoms with Gasteiger partial charge >= 0.3 is 0 Å². The van der Waals surface area contributed by atoms with Crippen LogP contribution in [0.4, 0.5) is 15.8 Å². The van der Waals surface area contributed by atoms with Crippen LogP contribution in [0.15, 0.2) is 42.5 Å². The third kappa shape index (κ3) is 3.94. The highest BCUT2D eigenvalue weighted by molar-refractivity contribution is 5.91. The van der Waals surface area contributed by atoms with Crippen molar-refractivity contribution in [1.82, 2.24) is 0 Å². The van der Waals surface area contributed by atoms with Crippen LogP contribution in [0.1, 0.15) is 5.56 Å². The number of anilines is 2. The standard InChI is InChI=1S/C15H12FN3O2/c16-11-1-4-13(5-2-11)19-15(20)9-21-14-6-3-12(18)7-10(14)8-17/h1-7H,9,18H2,(H,19,20). The minimum Gasteiger partial charge on any atom is -0.482 e. The lowest BCUT2D eigenvalue weighted by molar-refractivity contribution is -0.118. The van der Waals surface area contributed by atoms with E-state index in [1.807, 2.05) is 6.07 Å². The first kappa shape index (κ1) is 14.3. The summed E-state index contributed by atoms with van der Waals surface area (Å²) in [5.41, 5.74) is 6.71. The van der Waals surface area contributed by atoms with Crippen LogP contribution < -0.4 is 15.8 Å². The third-order valence-electron chi connectivity index (χ3n) is 2.61. The molecule has 0 bridgehead atoms. The highest BCUT2D eigenvalue weighted by Gasteiger charge is 2.07. The van der Waals surface area contributed by atoms with E-state index < -0.39 is 5.91 Å². The number of hydrogen-bond acceptors (Lipinski definition) is 4. The number of nitrogens with zero attached hydrogens (tertiary/aromatic N) is 1. The summed E-state index contributed by atoms with van der Waals surface area (Å²) in [6.45, 7) is -0.268. The van der Waals surface area contributed by atoms with Gasteiger partial charge in [-0.25, -0.2) is 4.39 Å². The summed E-state index contributed by atoms with van der Waals surface area (Å²) in [4.78, 5) is 11.7. The molecule has 0 aliphatic rings. The van der Waals surface area contributed by atoms with E-state index in [-0.39, 0.29) is 23.7 Å². The number of nitrogens with one attached hydrogen (secondary N) is 1. The van der Waals surface area contributed by atoms with Crippen molar-refractivity contribution in [2.45, 2.75) is 0 Å². The Bertz CT molecular complexity index is 693. The molecule has 0 saturated carbocycles. The van der Waals surface area contributed by atoms with Crippen molar-refractivity contribution in [1.29, 1.82) is 5.26 Å². The maximum absolute atomic E-state index is 12.7. The molecule has 0 atom stereocenters. The predicted octanol–water partition coefficient (Wildman–Crippen LogP) is 2.30. The molecule has 0 unspecified atom stereocenters. The summed E-state index contributed by atoms with van der Waals surface area (Å²) in [7, 11) is 0. The van der Waals surface area contributed by atoms with E-state index >= 15 is 0 Å². The lowest BCUT2D eigenvalue weighted by Gasteiger charge is -2.09. The van der Waals surface area contributed by atoms with E-state index in [0.29, 0.717) is 11.4 Å². The molecule has 0 spiro atoms. The van der Waals surface area contributed by atoms with E-state index in [1.54, 1.807) is 6.07 Å². The summed E-state index contributed by atoms with van der Waals surface area (Å²) in [6, 6.07) is 11.9. The maximum Gasteiger partial charge on any atom is 0.262 e. The highest BCUT2D eigenvalue weighted by atomic mass is 19.1. The molecule has 2 aromatic rings. The minimum atomic E-state index is -0.415. The summed E-state index contributed by atoms with van der Waals surface area (Å²) in [5, 5.41) is 11.5. The van der Waals surface area contributed by atoms with Gasteiger partial charge in [0, 0.05) is 11.4 Å². The lowest BCUT2D eigenvalue weighted by Crippen LogP contribution is -2.20. The molecule has 21 heavy (non-hydrogen) atoms. The van der Waals surface area contributed by atoms with Gasteiger partial charge in [-0.3, -0.25) is 4.79 Å². The number of nitrogen functional groups attached to an aromatic ring is 1. The molecule has 2 aromatic carbocycles. The van der Waals surface area contributed by atoms with Gasteiger partial charge < -0.3 is 15.8 Å². The van der Waals surface area contributed by atoms with E-state index in [9.17, 15) is 9.18 Å². The van der Waals surface area contributed by atoms with Gasteiger partial charge in [-0.1, -0.05) is 0 Å². The second-order valence-electron chi connectivity index (χ2n) is 4.21. The molecule has 0 heterocycles. The van der Waals surface area contributed by atoms with Crippen molar-refractivity contribution >= 4 is 17.3 Å². The number of halogens is 1. The summed E-state index contributed by atoms with van der Waals surface area (Å²) < 4.78 is 18.0. The first-order valence-corrected chi connectivity index (χ1v) is 6.06. The first-order chi connectivity index (χ1) is 10.1. The second-order valence-corrected chi connectivity index (χ2v) is 4.21. The van der Waals surface area contributed by atoms with Gasteiger partial charge in [-0.15, -0.1) is 0 Å². The average Bonchev–Trinajstić information content (AvgIpc) is 2.48. The molecule has 2 rings (SSSR count). The molecule has 0 aliphatic carbocycles. The summed E-state index contributed by atoms with van der Waals surface area (Å²) in [6.07, 6.45) is 0. The molecule has 3 N–H and O–H groups in total. The number of carbonyl (C=O) groups is 1. The van der Waals surface area contributed by atoms with E-state index in [2.05, 4.69) is 5.32 Å². The fourth-order valence-electron chi connectivity index (χ4n) is 1.63. The van der Waals surface area contributed by atoms with Crippen molar-refractivity contribution in [2.75, 3.05) is 17.7 Å². The van der Waals surface area contributed by atoms with Gasteiger partial charge in [0.1, 0.15) is 17.6 Å². The minimum absolute atomic E-state index is 0.254. The molecule has 0 aliphatic heterocycles. The molecule has 1 amide bonds. The predicted molar refractivity (Wildman–Crippen MR) is 76.1 cm³/mol. The number of benzene rings is 2. The van der Waals surface area contributed by atoms with Crippen LogP contribution in [0, 0.1) is 17.1 Å². The number of carbonyl (C=O) groups excluding carboxylic acids is 1. The fraction of sp³-hybridized carbons (Fsp3) is 0.0667. The Kier molecular flexibility index (Phi) is 4.36. The Balaban J connectivity index is 1.95. The largest absolute Gasteiger partial charge is 0.482 e. The molecule has 106 valence electrons. The molecule has 0 aromatic heterocycles. The maximum atomic E-state index is 12.7. The Hall–Kier alpha value is -3.07. The molecular weight excluding hydrogens is 273 g/mol. The Morgan fingerprint density at radius 1 is 1.29 bits per heavy atom. The second kappa shape index (κ2) is 6.39. The fourth-order valence-corrected chi connectivity index (χ4v) is 1.63. The van der Waals surface area contributed by atoms with Crippen LogP contribution in [0.25, 0.3) is 0 Å². The van der Waals surface area contributed by atoms with Crippen molar-refractivity contribution in [3.05, 3.63) is 53.8 Å². The molecule has 5 nitrogen and oxygen atoms in total. The number of nitrogens with two attached hydrogens (primary N) is 1. The van der Waals surface area contributed by atoms with Gasteiger partial charge in [-0.05, 0) is 42.5 Å². The number of nitriles is 1. The smallest absolute Gasteiger partial charge is 0.262 e. The van der Waals surface area contributed by atoms with E-state index in [0.717, 1.165) is 0 Å². The molecule has 0 saturated heterocycles. The van der Waals surface area contributed by atoms with Gasteiger partial charge in [0.05, 0.1) is 5.56 Å². The highest BCUT2D eigenvalue weighted by Crippen LogP contribution is 2.20. The van der Waals surface area contributed by atoms with Crippen LogP contribution in [0.2, 0.25) is 0 Å². The summed E-state index contributed by atoms with van der Waals surface area (Å²) in [5.74, 6) is -0.520. The summed E-state index contributed by atoms with van der Waals surface area (Å²) >= 11 is 0. The normalized spacial score (nSPS) is 9.71. The number of rotatable bonds is 4. The Morgan fingerprint density at radius 2 is 2.00 bits per heavy atom. The van der Waals surface area contributed by atoms with Gasteiger partial charge in [0.2, 0.25) is 0 Å². The molecule has 6 heteroatoms. The third-order valence-corrected chi connectivity index (χ3v) is 2.61. The van der Waals surface area contributed by atoms with Crippen molar-refractivity contribution in [3.8, 4) is 11.8 Å². The molecule has 0 radical (unpaired) electrons. The zero-order valence-corrected chi connectivity index (χ0v) is 11.0. The first-order valence-electron chi connectivity index (χ1n) is 6.06. The van der Waals surface area contributed by atoms with Crippen molar-refractivity contribution in [3.63, 3.8) is 0 Å². The quantitative estimate of drug-likeness (QED) is 0.844. The SMILES string of the molecule is N#Cc1cc(N)ccc1OCC(=O)Nc1ccc(F)cc1. The number of amides is 1. The van der Waals surface area contributed by atoms with E-state index in [1.165, 1.54) is 36.4 Å². The number of ether oxygens (including phenoxy) is 1. The van der Waals surface area contributed by atoms with Crippen LogP contribution >= 0.6 is 0 Å². The number of hydrogen-bond donors (Lipinski definition) is 2. The van der Waals surface area contributed by atoms with Gasteiger partial charge in [0.15, 0.2) is 6.61 Å². The van der Waals surface area contributed by atoms with Crippen LogP contribution in [0.3, 0.4) is 0 Å². The van der Waals surface area contributed by atoms with Gasteiger partial charge in [0.25, 0.3) is 5.91 Å². The van der Waals surface area contributed by atoms with E-state index in [4.69, 9.17) is 15.7 Å². The van der Waals surface area contributed by atoms with Crippen LogP contribution in [-0.4, -0.2) is 12.5 Å². The van der Waals surface area contributed by atoms with Crippen molar-refractivity contribution < 1.29 is 13.9 Å². The zero-order chi connectivity index (χ0) is 15.2. The van der Waals surface area contributed by atoms with Crippen molar-refractivity contribution in [2.24, 2.45) is 0 Å². The molecule has 0 fully saturated rings. The average molecular weight is 285 g/mol. The van der Waals surface area contributed by atoms with Crippen LogP contribution in [0.5, 0.6) is 5.75 Å². The topological polar surface area (TPSA) is 88.1 Å². The van der Waals surface area contributed by atoms with Gasteiger partial charge in [-0.2, -0.15) is 5.26 Å². The Labute approximate surface area is 120 Å².